The first-order chi connectivity index (χ1) is 14.2. The fourth-order valence-corrected chi connectivity index (χ4v) is 3.13. The zero-order chi connectivity index (χ0) is 20.2. The topological polar surface area (TPSA) is 69.2 Å². The number of hydrogen-bond donors (Lipinski definition) is 1. The fraction of sp³-hybridized carbons (Fsp3) is 0.136. The third-order valence-electron chi connectivity index (χ3n) is 4.49. The highest BCUT2D eigenvalue weighted by Gasteiger charge is 2.14. The van der Waals surface area contributed by atoms with Crippen LogP contribution in [0.15, 0.2) is 60.9 Å². The van der Waals surface area contributed by atoms with Gasteiger partial charge in [-0.3, -0.25) is 4.98 Å². The minimum Gasteiger partial charge on any atom is -0.493 e. The molecule has 2 aromatic heterocycles. The Kier molecular flexibility index (Phi) is 5.44. The molecule has 7 heteroatoms. The third kappa shape index (κ3) is 4.07. The molecule has 0 radical (unpaired) electrons. The van der Waals surface area contributed by atoms with E-state index in [-0.39, 0.29) is 0 Å². The van der Waals surface area contributed by atoms with Crippen molar-refractivity contribution < 1.29 is 9.47 Å². The number of ether oxygens (including phenoxy) is 2. The standard InChI is InChI=1S/C22H19ClN4O2/c1-28-19-10-17-18(11-20(19)29-2)26-21(15-5-7-16(23)8-6-15)27-22(17)25-13-14-4-3-9-24-12-14/h3-12H,13H2,1-2H3,(H,25,26,27). The Morgan fingerprint density at radius 1 is 0.966 bits per heavy atom. The molecule has 0 amide bonds. The van der Waals surface area contributed by atoms with Gasteiger partial charge in [0.15, 0.2) is 17.3 Å². The lowest BCUT2D eigenvalue weighted by Crippen LogP contribution is -2.05. The number of nitrogens with one attached hydrogen (secondary N) is 1. The lowest BCUT2D eigenvalue weighted by Gasteiger charge is -2.14. The zero-order valence-corrected chi connectivity index (χ0v) is 16.8. The Morgan fingerprint density at radius 2 is 1.72 bits per heavy atom. The SMILES string of the molecule is COc1cc2nc(-c3ccc(Cl)cc3)nc(NCc3cccnc3)c2cc1OC. The summed E-state index contributed by atoms with van der Waals surface area (Å²) in [5.41, 5.74) is 2.67. The second-order valence-electron chi connectivity index (χ2n) is 6.34. The van der Waals surface area contributed by atoms with Gasteiger partial charge in [0.2, 0.25) is 0 Å². The molecular weight excluding hydrogens is 388 g/mol. The average Bonchev–Trinajstić information content (AvgIpc) is 2.77. The van der Waals surface area contributed by atoms with Crippen molar-refractivity contribution in [1.82, 2.24) is 15.0 Å². The quantitative estimate of drug-likeness (QED) is 0.487. The van der Waals surface area contributed by atoms with E-state index in [4.69, 9.17) is 31.0 Å². The molecule has 0 aliphatic heterocycles. The van der Waals surface area contributed by atoms with Crippen molar-refractivity contribution in [2.45, 2.75) is 6.54 Å². The van der Waals surface area contributed by atoms with Crippen LogP contribution in [-0.2, 0) is 6.54 Å². The van der Waals surface area contributed by atoms with E-state index in [2.05, 4.69) is 10.3 Å². The van der Waals surface area contributed by atoms with E-state index in [9.17, 15) is 0 Å². The van der Waals surface area contributed by atoms with Crippen LogP contribution in [0.2, 0.25) is 5.02 Å². The van der Waals surface area contributed by atoms with Crippen molar-refractivity contribution in [3.05, 3.63) is 71.5 Å². The number of methoxy groups -OCH3 is 2. The Balaban J connectivity index is 1.83. The lowest BCUT2D eigenvalue weighted by atomic mass is 10.1. The molecular formula is C22H19ClN4O2. The van der Waals surface area contributed by atoms with Crippen LogP contribution in [0.5, 0.6) is 11.5 Å². The Hall–Kier alpha value is -3.38. The molecule has 29 heavy (non-hydrogen) atoms. The summed E-state index contributed by atoms with van der Waals surface area (Å²) in [6.07, 6.45) is 3.57. The molecule has 0 unspecified atom stereocenters. The molecule has 2 aromatic carbocycles. The molecule has 4 aromatic rings. The predicted molar refractivity (Wildman–Crippen MR) is 115 cm³/mol. The first kappa shape index (κ1) is 19.0. The van der Waals surface area contributed by atoms with Crippen LogP contribution in [-0.4, -0.2) is 29.2 Å². The Bertz CT molecular complexity index is 1140. The molecule has 0 aliphatic carbocycles. The maximum absolute atomic E-state index is 6.03. The van der Waals surface area contributed by atoms with Crippen molar-refractivity contribution in [2.75, 3.05) is 19.5 Å². The van der Waals surface area contributed by atoms with Crippen molar-refractivity contribution in [3.8, 4) is 22.9 Å². The number of pyridine rings is 1. The molecule has 0 atom stereocenters. The first-order valence-corrected chi connectivity index (χ1v) is 9.38. The number of hydrogen-bond acceptors (Lipinski definition) is 6. The lowest BCUT2D eigenvalue weighted by molar-refractivity contribution is 0.356. The summed E-state index contributed by atoms with van der Waals surface area (Å²) in [7, 11) is 3.21. The second-order valence-corrected chi connectivity index (χ2v) is 6.78. The smallest absolute Gasteiger partial charge is 0.162 e. The van der Waals surface area contributed by atoms with Gasteiger partial charge in [-0.15, -0.1) is 0 Å². The fourth-order valence-electron chi connectivity index (χ4n) is 3.01. The number of rotatable bonds is 6. The van der Waals surface area contributed by atoms with Gasteiger partial charge in [-0.2, -0.15) is 0 Å². The van der Waals surface area contributed by atoms with Gasteiger partial charge in [0.25, 0.3) is 0 Å². The monoisotopic (exact) mass is 406 g/mol. The third-order valence-corrected chi connectivity index (χ3v) is 4.74. The maximum atomic E-state index is 6.03. The van der Waals surface area contributed by atoms with Gasteiger partial charge in [0.05, 0.1) is 19.7 Å². The van der Waals surface area contributed by atoms with Crippen molar-refractivity contribution in [2.24, 2.45) is 0 Å². The van der Waals surface area contributed by atoms with E-state index in [0.29, 0.717) is 34.7 Å². The number of nitrogens with zero attached hydrogens (tertiary/aromatic N) is 3. The number of benzene rings is 2. The predicted octanol–water partition coefficient (Wildman–Crippen LogP) is 4.97. The summed E-state index contributed by atoms with van der Waals surface area (Å²) in [6, 6.07) is 15.1. The summed E-state index contributed by atoms with van der Waals surface area (Å²) in [4.78, 5) is 13.7. The molecule has 0 saturated heterocycles. The molecule has 0 fully saturated rings. The van der Waals surface area contributed by atoms with Crippen LogP contribution < -0.4 is 14.8 Å². The van der Waals surface area contributed by atoms with Crippen molar-refractivity contribution >= 4 is 28.3 Å². The molecule has 2 heterocycles. The minimum atomic E-state index is 0.578. The van der Waals surface area contributed by atoms with Gasteiger partial charge < -0.3 is 14.8 Å². The first-order valence-electron chi connectivity index (χ1n) is 9.00. The van der Waals surface area contributed by atoms with Gasteiger partial charge in [-0.1, -0.05) is 17.7 Å². The average molecular weight is 407 g/mol. The highest BCUT2D eigenvalue weighted by Crippen LogP contribution is 2.35. The van der Waals surface area contributed by atoms with E-state index < -0.39 is 0 Å². The number of halogens is 1. The van der Waals surface area contributed by atoms with Crippen LogP contribution >= 0.6 is 11.6 Å². The summed E-state index contributed by atoms with van der Waals surface area (Å²) < 4.78 is 10.9. The minimum absolute atomic E-state index is 0.578. The van der Waals surface area contributed by atoms with Gasteiger partial charge in [-0.25, -0.2) is 9.97 Å². The van der Waals surface area contributed by atoms with Gasteiger partial charge in [-0.05, 0) is 42.0 Å². The Morgan fingerprint density at radius 3 is 2.41 bits per heavy atom. The molecule has 146 valence electrons. The van der Waals surface area contributed by atoms with Gasteiger partial charge in [0, 0.05) is 41.0 Å². The number of aromatic nitrogens is 3. The van der Waals surface area contributed by atoms with Crippen LogP contribution in [0.3, 0.4) is 0 Å². The molecule has 0 spiro atoms. The molecule has 6 nitrogen and oxygen atoms in total. The number of anilines is 1. The summed E-state index contributed by atoms with van der Waals surface area (Å²) >= 11 is 6.03. The summed E-state index contributed by atoms with van der Waals surface area (Å²) in [6.45, 7) is 0.578. The van der Waals surface area contributed by atoms with E-state index in [1.807, 2.05) is 54.7 Å². The molecule has 0 bridgehead atoms. The van der Waals surface area contributed by atoms with E-state index >= 15 is 0 Å². The highest BCUT2D eigenvalue weighted by atomic mass is 35.5. The van der Waals surface area contributed by atoms with Crippen LogP contribution in [0.4, 0.5) is 5.82 Å². The molecule has 0 aliphatic rings. The second kappa shape index (κ2) is 8.32. The van der Waals surface area contributed by atoms with Crippen LogP contribution in [0.1, 0.15) is 5.56 Å². The molecule has 4 rings (SSSR count). The summed E-state index contributed by atoms with van der Waals surface area (Å²) in [5.74, 6) is 2.52. The largest absolute Gasteiger partial charge is 0.493 e. The normalized spacial score (nSPS) is 10.7. The summed E-state index contributed by atoms with van der Waals surface area (Å²) in [5, 5.41) is 4.90. The van der Waals surface area contributed by atoms with Gasteiger partial charge >= 0.3 is 0 Å². The van der Waals surface area contributed by atoms with Crippen molar-refractivity contribution in [3.63, 3.8) is 0 Å². The van der Waals surface area contributed by atoms with E-state index in [0.717, 1.165) is 22.0 Å². The highest BCUT2D eigenvalue weighted by molar-refractivity contribution is 6.30. The van der Waals surface area contributed by atoms with Crippen LogP contribution in [0, 0.1) is 0 Å². The van der Waals surface area contributed by atoms with Crippen molar-refractivity contribution in [1.29, 1.82) is 0 Å². The van der Waals surface area contributed by atoms with Crippen LogP contribution in [0.25, 0.3) is 22.3 Å². The molecule has 0 saturated carbocycles. The zero-order valence-electron chi connectivity index (χ0n) is 16.0. The van der Waals surface area contributed by atoms with E-state index in [1.54, 1.807) is 20.4 Å². The Labute approximate surface area is 173 Å². The van der Waals surface area contributed by atoms with E-state index in [1.165, 1.54) is 0 Å². The molecule has 1 N–H and O–H groups in total. The van der Waals surface area contributed by atoms with Gasteiger partial charge in [0.1, 0.15) is 5.82 Å². The maximum Gasteiger partial charge on any atom is 0.162 e. The number of fused-ring (bicyclic) bond motifs is 1.